The Balaban J connectivity index is 1.64. The predicted octanol–water partition coefficient (Wildman–Crippen LogP) is 1.32. The lowest BCUT2D eigenvalue weighted by Gasteiger charge is -2.33. The van der Waals surface area contributed by atoms with Crippen molar-refractivity contribution in [1.82, 2.24) is 9.62 Å². The molecule has 3 rings (SSSR count). The van der Waals surface area contributed by atoms with Crippen LogP contribution in [0.2, 0.25) is 0 Å². The fourth-order valence-electron chi connectivity index (χ4n) is 3.57. The molecule has 1 aromatic carbocycles. The number of fused-ring (bicyclic) bond motifs is 1. The fraction of sp³-hybridized carbons (Fsp3) is 0.600. The molecular formula is C20H28N2O7S. The summed E-state index contributed by atoms with van der Waals surface area (Å²) in [5, 5.41) is 2.77. The van der Waals surface area contributed by atoms with Crippen molar-refractivity contribution in [1.29, 1.82) is 0 Å². The van der Waals surface area contributed by atoms with Gasteiger partial charge in [0.15, 0.2) is 11.5 Å². The van der Waals surface area contributed by atoms with Gasteiger partial charge in [-0.1, -0.05) is 6.92 Å². The van der Waals surface area contributed by atoms with E-state index in [9.17, 15) is 18.0 Å². The molecule has 0 radical (unpaired) electrons. The topological polar surface area (TPSA) is 111 Å². The zero-order valence-corrected chi connectivity index (χ0v) is 18.3. The Bertz CT molecular complexity index is 910. The van der Waals surface area contributed by atoms with E-state index in [1.807, 2.05) is 0 Å². The highest BCUT2D eigenvalue weighted by Gasteiger charge is 2.38. The lowest BCUT2D eigenvalue weighted by atomic mass is 9.93. The van der Waals surface area contributed by atoms with Gasteiger partial charge in [-0.15, -0.1) is 0 Å². The van der Waals surface area contributed by atoms with Crippen LogP contribution >= 0.6 is 0 Å². The van der Waals surface area contributed by atoms with Crippen LogP contribution < -0.4 is 14.8 Å². The smallest absolute Gasteiger partial charge is 0.331 e. The van der Waals surface area contributed by atoms with Crippen molar-refractivity contribution in [3.8, 4) is 11.5 Å². The van der Waals surface area contributed by atoms with E-state index < -0.39 is 21.5 Å². The van der Waals surface area contributed by atoms with Crippen molar-refractivity contribution in [2.24, 2.45) is 5.92 Å². The zero-order chi connectivity index (χ0) is 21.9. The fourth-order valence-corrected chi connectivity index (χ4v) is 5.06. The van der Waals surface area contributed by atoms with Gasteiger partial charge in [-0.2, -0.15) is 4.31 Å². The number of carbonyl (C=O) groups is 2. The molecule has 0 bridgehead atoms. The number of sulfonamides is 1. The standard InChI is InChI=1S/C20H28N2O7S/c1-4-20(2,19(24)27-3)21-18(23)14-7-9-22(10-8-14)30(25,26)15-5-6-16-17(13-15)29-12-11-28-16/h5-6,13-14H,4,7-12H2,1-3H3,(H,21,23). The highest BCUT2D eigenvalue weighted by Crippen LogP contribution is 2.34. The van der Waals surface area contributed by atoms with Gasteiger partial charge in [-0.25, -0.2) is 13.2 Å². The third kappa shape index (κ3) is 4.39. The molecule has 166 valence electrons. The summed E-state index contributed by atoms with van der Waals surface area (Å²) in [5.41, 5.74) is -1.10. The van der Waals surface area contributed by atoms with Crippen LogP contribution in [0.5, 0.6) is 11.5 Å². The maximum Gasteiger partial charge on any atom is 0.331 e. The van der Waals surface area contributed by atoms with Gasteiger partial charge in [0.1, 0.15) is 18.8 Å². The number of hydrogen-bond acceptors (Lipinski definition) is 7. The molecule has 2 aliphatic heterocycles. The molecule has 2 aliphatic rings. The number of nitrogens with one attached hydrogen (secondary N) is 1. The van der Waals surface area contributed by atoms with Crippen LogP contribution in [0.1, 0.15) is 33.1 Å². The van der Waals surface area contributed by atoms with Crippen LogP contribution in [0, 0.1) is 5.92 Å². The molecule has 10 heteroatoms. The van der Waals surface area contributed by atoms with Gasteiger partial charge in [0.2, 0.25) is 15.9 Å². The molecule has 0 spiro atoms. The van der Waals surface area contributed by atoms with E-state index in [0.717, 1.165) is 0 Å². The number of hydrogen-bond donors (Lipinski definition) is 1. The first-order valence-corrected chi connectivity index (χ1v) is 11.5. The molecule has 1 fully saturated rings. The average molecular weight is 441 g/mol. The maximum atomic E-state index is 13.0. The van der Waals surface area contributed by atoms with Gasteiger partial charge in [0.25, 0.3) is 0 Å². The predicted molar refractivity (Wildman–Crippen MR) is 108 cm³/mol. The molecule has 2 heterocycles. The van der Waals surface area contributed by atoms with Crippen LogP contribution in [0.15, 0.2) is 23.1 Å². The largest absolute Gasteiger partial charge is 0.486 e. The van der Waals surface area contributed by atoms with Gasteiger partial charge in [-0.05, 0) is 38.3 Å². The van der Waals surface area contributed by atoms with E-state index in [1.165, 1.54) is 23.5 Å². The van der Waals surface area contributed by atoms with Crippen LogP contribution in [-0.4, -0.2) is 63.6 Å². The van der Waals surface area contributed by atoms with Crippen LogP contribution in [0.25, 0.3) is 0 Å². The number of rotatable bonds is 6. The molecule has 1 aromatic rings. The number of esters is 1. The van der Waals surface area contributed by atoms with Crippen molar-refractivity contribution < 1.29 is 32.2 Å². The lowest BCUT2D eigenvalue weighted by molar-refractivity contribution is -0.151. The molecule has 9 nitrogen and oxygen atoms in total. The first-order chi connectivity index (χ1) is 14.2. The Hall–Kier alpha value is -2.33. The first kappa shape index (κ1) is 22.4. The SMILES string of the molecule is CCC(C)(NC(=O)C1CCN(S(=O)(=O)c2ccc3c(c2)OCCO3)CC1)C(=O)OC. The molecule has 0 saturated carbocycles. The third-order valence-corrected chi connectivity index (χ3v) is 7.61. The van der Waals surface area contributed by atoms with Gasteiger partial charge in [0, 0.05) is 25.1 Å². The highest BCUT2D eigenvalue weighted by atomic mass is 32.2. The highest BCUT2D eigenvalue weighted by molar-refractivity contribution is 7.89. The first-order valence-electron chi connectivity index (χ1n) is 10.0. The van der Waals surface area contributed by atoms with Crippen LogP contribution in [0.3, 0.4) is 0 Å². The molecule has 1 N–H and O–H groups in total. The Kier molecular flexibility index (Phi) is 6.56. The summed E-state index contributed by atoms with van der Waals surface area (Å²) < 4.78 is 43.1. The zero-order valence-electron chi connectivity index (χ0n) is 17.5. The van der Waals surface area contributed by atoms with E-state index in [2.05, 4.69) is 5.32 Å². The van der Waals surface area contributed by atoms with E-state index in [0.29, 0.717) is 44.0 Å². The van der Waals surface area contributed by atoms with Gasteiger partial charge in [0.05, 0.1) is 12.0 Å². The number of ether oxygens (including phenoxy) is 3. The van der Waals surface area contributed by atoms with Crippen LogP contribution in [-0.2, 0) is 24.3 Å². The summed E-state index contributed by atoms with van der Waals surface area (Å²) in [4.78, 5) is 24.8. The summed E-state index contributed by atoms with van der Waals surface area (Å²) >= 11 is 0. The normalized spacial score (nSPS) is 19.6. The quantitative estimate of drug-likeness (QED) is 0.664. The second-order valence-electron chi connectivity index (χ2n) is 7.65. The number of amides is 1. The van der Waals surface area contributed by atoms with Gasteiger partial charge < -0.3 is 19.5 Å². The molecule has 1 saturated heterocycles. The van der Waals surface area contributed by atoms with Crippen molar-refractivity contribution in [3.05, 3.63) is 18.2 Å². The molecule has 0 aliphatic carbocycles. The van der Waals surface area contributed by atoms with E-state index in [4.69, 9.17) is 14.2 Å². The maximum absolute atomic E-state index is 13.0. The minimum Gasteiger partial charge on any atom is -0.486 e. The molecule has 1 amide bonds. The molecule has 1 atom stereocenters. The summed E-state index contributed by atoms with van der Waals surface area (Å²) in [6, 6.07) is 4.58. The summed E-state index contributed by atoms with van der Waals surface area (Å²) in [6.07, 6.45) is 1.13. The average Bonchev–Trinajstić information content (AvgIpc) is 2.78. The summed E-state index contributed by atoms with van der Waals surface area (Å²) in [6.45, 7) is 4.66. The second-order valence-corrected chi connectivity index (χ2v) is 9.59. The van der Waals surface area contributed by atoms with E-state index >= 15 is 0 Å². The Morgan fingerprint density at radius 2 is 1.83 bits per heavy atom. The number of carbonyl (C=O) groups excluding carboxylic acids is 2. The molecular weight excluding hydrogens is 412 g/mol. The summed E-state index contributed by atoms with van der Waals surface area (Å²) in [5.74, 6) is -0.191. The second kappa shape index (κ2) is 8.81. The van der Waals surface area contributed by atoms with Gasteiger partial charge in [-0.3, -0.25) is 4.79 Å². The van der Waals surface area contributed by atoms with Crippen molar-refractivity contribution >= 4 is 21.9 Å². The summed E-state index contributed by atoms with van der Waals surface area (Å²) in [7, 11) is -2.43. The van der Waals surface area contributed by atoms with Crippen LogP contribution in [0.4, 0.5) is 0 Å². The minimum atomic E-state index is -3.71. The van der Waals surface area contributed by atoms with E-state index in [-0.39, 0.29) is 29.8 Å². The Morgan fingerprint density at radius 1 is 1.20 bits per heavy atom. The van der Waals surface area contributed by atoms with E-state index in [1.54, 1.807) is 19.9 Å². The minimum absolute atomic E-state index is 0.138. The molecule has 30 heavy (non-hydrogen) atoms. The molecule has 0 aromatic heterocycles. The molecule has 1 unspecified atom stereocenters. The van der Waals surface area contributed by atoms with Crippen molar-refractivity contribution in [2.45, 2.75) is 43.5 Å². The third-order valence-electron chi connectivity index (χ3n) is 5.72. The van der Waals surface area contributed by atoms with Crippen molar-refractivity contribution in [2.75, 3.05) is 33.4 Å². The van der Waals surface area contributed by atoms with Gasteiger partial charge >= 0.3 is 5.97 Å². The number of nitrogens with zero attached hydrogens (tertiary/aromatic N) is 1. The lowest BCUT2D eigenvalue weighted by Crippen LogP contribution is -2.55. The monoisotopic (exact) mass is 440 g/mol. The Morgan fingerprint density at radius 3 is 2.43 bits per heavy atom. The number of piperidine rings is 1. The Labute approximate surface area is 176 Å². The number of benzene rings is 1. The number of methoxy groups -OCH3 is 1. The van der Waals surface area contributed by atoms with Crippen molar-refractivity contribution in [3.63, 3.8) is 0 Å².